The van der Waals surface area contributed by atoms with Crippen molar-refractivity contribution in [2.75, 3.05) is 20.1 Å². The Labute approximate surface area is 94.7 Å². The number of nitrogens with zero attached hydrogens (tertiary/aromatic N) is 2. The lowest BCUT2D eigenvalue weighted by Gasteiger charge is -2.07. The molecule has 0 aliphatic rings. The van der Waals surface area contributed by atoms with Crippen molar-refractivity contribution in [1.82, 2.24) is 26.1 Å². The highest BCUT2D eigenvalue weighted by atomic mass is 32.1. The number of hydrogen-bond donors (Lipinski definition) is 3. The minimum atomic E-state index is 0.663. The van der Waals surface area contributed by atoms with Gasteiger partial charge in [0.1, 0.15) is 0 Å². The predicted octanol–water partition coefficient (Wildman–Crippen LogP) is -0.340. The Hall–Kier alpha value is -1.27. The second-order valence-electron chi connectivity index (χ2n) is 2.90. The van der Waals surface area contributed by atoms with Gasteiger partial charge in [-0.1, -0.05) is 0 Å². The van der Waals surface area contributed by atoms with Crippen LogP contribution in [0.25, 0.3) is 0 Å². The third kappa shape index (κ3) is 5.24. The summed E-state index contributed by atoms with van der Waals surface area (Å²) in [7, 11) is 1.79. The lowest BCUT2D eigenvalue weighted by Crippen LogP contribution is -2.37. The van der Waals surface area contributed by atoms with Gasteiger partial charge in [-0.2, -0.15) is 10.2 Å². The van der Waals surface area contributed by atoms with E-state index in [-0.39, 0.29) is 0 Å². The Bertz CT molecular complexity index is 290. The summed E-state index contributed by atoms with van der Waals surface area (Å²) in [6, 6.07) is 3.81. The molecule has 0 atom stereocenters. The quantitative estimate of drug-likeness (QED) is 0.471. The summed E-state index contributed by atoms with van der Waals surface area (Å²) >= 11 is 4.93. The molecule has 0 bridgehead atoms. The molecule has 1 heterocycles. The summed E-state index contributed by atoms with van der Waals surface area (Å²) in [5.41, 5.74) is 0.939. The van der Waals surface area contributed by atoms with E-state index in [1.807, 2.05) is 12.1 Å². The minimum Gasteiger partial charge on any atom is -0.366 e. The van der Waals surface area contributed by atoms with Crippen molar-refractivity contribution in [3.05, 3.63) is 24.0 Å². The Balaban J connectivity index is 2.05. The molecule has 0 unspecified atom stereocenters. The molecule has 0 saturated heterocycles. The molecule has 0 fully saturated rings. The highest BCUT2D eigenvalue weighted by Crippen LogP contribution is 1.88. The number of thiocarbonyl (C=S) groups is 1. The van der Waals surface area contributed by atoms with Gasteiger partial charge in [0, 0.05) is 32.9 Å². The fourth-order valence-corrected chi connectivity index (χ4v) is 1.10. The lowest BCUT2D eigenvalue weighted by molar-refractivity contribution is 0.653. The number of aromatic nitrogens is 2. The lowest BCUT2D eigenvalue weighted by atomic mass is 10.4. The van der Waals surface area contributed by atoms with Crippen LogP contribution in [0.4, 0.5) is 0 Å². The van der Waals surface area contributed by atoms with E-state index in [0.29, 0.717) is 5.11 Å². The molecule has 5 nitrogen and oxygen atoms in total. The summed E-state index contributed by atoms with van der Waals surface area (Å²) in [6.07, 6.45) is 1.66. The van der Waals surface area contributed by atoms with Crippen molar-refractivity contribution < 1.29 is 0 Å². The second-order valence-corrected chi connectivity index (χ2v) is 3.31. The Morgan fingerprint density at radius 3 is 3.00 bits per heavy atom. The van der Waals surface area contributed by atoms with E-state index in [1.165, 1.54) is 0 Å². The summed E-state index contributed by atoms with van der Waals surface area (Å²) in [4.78, 5) is 0. The van der Waals surface area contributed by atoms with Gasteiger partial charge in [-0.15, -0.1) is 0 Å². The van der Waals surface area contributed by atoms with Crippen LogP contribution < -0.4 is 16.0 Å². The van der Waals surface area contributed by atoms with Gasteiger partial charge in [0.05, 0.1) is 5.69 Å². The Morgan fingerprint density at radius 1 is 1.47 bits per heavy atom. The largest absolute Gasteiger partial charge is 0.366 e. The van der Waals surface area contributed by atoms with Gasteiger partial charge in [0.15, 0.2) is 5.11 Å². The first-order valence-corrected chi connectivity index (χ1v) is 5.16. The molecule has 1 aromatic rings. The molecular formula is C9H15N5S. The van der Waals surface area contributed by atoms with E-state index in [9.17, 15) is 0 Å². The minimum absolute atomic E-state index is 0.663. The van der Waals surface area contributed by atoms with Crippen LogP contribution in [0.1, 0.15) is 5.69 Å². The van der Waals surface area contributed by atoms with Crippen molar-refractivity contribution in [2.24, 2.45) is 0 Å². The van der Waals surface area contributed by atoms with Gasteiger partial charge in [-0.3, -0.25) is 0 Å². The third-order valence-electron chi connectivity index (χ3n) is 1.75. The molecule has 0 radical (unpaired) electrons. The summed E-state index contributed by atoms with van der Waals surface area (Å²) in [5, 5.41) is 17.5. The predicted molar refractivity (Wildman–Crippen MR) is 63.4 cm³/mol. The average Bonchev–Trinajstić information content (AvgIpc) is 2.29. The molecule has 0 aromatic carbocycles. The molecule has 0 amide bonds. The average molecular weight is 225 g/mol. The first kappa shape index (κ1) is 11.8. The first-order chi connectivity index (χ1) is 7.33. The SMILES string of the molecule is CNC(=S)NCCNCc1cccnn1. The smallest absolute Gasteiger partial charge is 0.166 e. The van der Waals surface area contributed by atoms with Crippen molar-refractivity contribution in [3.8, 4) is 0 Å². The first-order valence-electron chi connectivity index (χ1n) is 4.76. The molecule has 3 N–H and O–H groups in total. The number of rotatable bonds is 5. The van der Waals surface area contributed by atoms with Gasteiger partial charge in [0.25, 0.3) is 0 Å². The molecule has 0 spiro atoms. The number of nitrogens with one attached hydrogen (secondary N) is 3. The van der Waals surface area contributed by atoms with Gasteiger partial charge < -0.3 is 16.0 Å². The monoisotopic (exact) mass is 225 g/mol. The molecule has 0 aliphatic carbocycles. The van der Waals surface area contributed by atoms with Crippen molar-refractivity contribution >= 4 is 17.3 Å². The van der Waals surface area contributed by atoms with Crippen LogP contribution >= 0.6 is 12.2 Å². The van der Waals surface area contributed by atoms with E-state index < -0.39 is 0 Å². The van der Waals surface area contributed by atoms with Gasteiger partial charge in [-0.05, 0) is 24.4 Å². The van der Waals surface area contributed by atoms with Crippen LogP contribution in [0.3, 0.4) is 0 Å². The summed E-state index contributed by atoms with van der Waals surface area (Å²) < 4.78 is 0. The fraction of sp³-hybridized carbons (Fsp3) is 0.444. The van der Waals surface area contributed by atoms with Crippen molar-refractivity contribution in [3.63, 3.8) is 0 Å². The van der Waals surface area contributed by atoms with Crippen LogP contribution in [0.15, 0.2) is 18.3 Å². The molecule has 82 valence electrons. The molecule has 0 aliphatic heterocycles. The molecule has 1 aromatic heterocycles. The highest BCUT2D eigenvalue weighted by molar-refractivity contribution is 7.80. The zero-order valence-corrected chi connectivity index (χ0v) is 9.47. The van der Waals surface area contributed by atoms with E-state index >= 15 is 0 Å². The normalized spacial score (nSPS) is 9.67. The molecule has 1 rings (SSSR count). The van der Waals surface area contributed by atoms with E-state index in [0.717, 1.165) is 25.3 Å². The van der Waals surface area contributed by atoms with E-state index in [4.69, 9.17) is 12.2 Å². The van der Waals surface area contributed by atoms with Gasteiger partial charge in [0.2, 0.25) is 0 Å². The maximum absolute atomic E-state index is 4.93. The van der Waals surface area contributed by atoms with Crippen LogP contribution in [0, 0.1) is 0 Å². The van der Waals surface area contributed by atoms with Crippen LogP contribution in [0.2, 0.25) is 0 Å². The van der Waals surface area contributed by atoms with Crippen molar-refractivity contribution in [2.45, 2.75) is 6.54 Å². The highest BCUT2D eigenvalue weighted by Gasteiger charge is 1.93. The van der Waals surface area contributed by atoms with Crippen LogP contribution in [0.5, 0.6) is 0 Å². The fourth-order valence-electron chi connectivity index (χ4n) is 0.997. The Kier molecular flexibility index (Phi) is 5.57. The van der Waals surface area contributed by atoms with E-state index in [1.54, 1.807) is 13.2 Å². The van der Waals surface area contributed by atoms with E-state index in [2.05, 4.69) is 26.1 Å². The maximum Gasteiger partial charge on any atom is 0.166 e. The summed E-state index contributed by atoms with van der Waals surface area (Å²) in [5.74, 6) is 0. The van der Waals surface area contributed by atoms with Gasteiger partial charge >= 0.3 is 0 Å². The second kappa shape index (κ2) is 7.08. The molecule has 0 saturated carbocycles. The zero-order valence-electron chi connectivity index (χ0n) is 8.66. The Morgan fingerprint density at radius 2 is 2.33 bits per heavy atom. The van der Waals surface area contributed by atoms with Gasteiger partial charge in [-0.25, -0.2) is 0 Å². The molecule has 15 heavy (non-hydrogen) atoms. The summed E-state index contributed by atoms with van der Waals surface area (Å²) in [6.45, 7) is 2.35. The standard InChI is InChI=1S/C9H15N5S/c1-10-9(15)12-6-5-11-7-8-3-2-4-13-14-8/h2-4,11H,5-7H2,1H3,(H2,10,12,15). The number of hydrogen-bond acceptors (Lipinski definition) is 4. The van der Waals surface area contributed by atoms with Crippen LogP contribution in [-0.2, 0) is 6.54 Å². The third-order valence-corrected chi connectivity index (χ3v) is 2.10. The maximum atomic E-state index is 4.93. The van der Waals surface area contributed by atoms with Crippen LogP contribution in [-0.4, -0.2) is 35.4 Å². The zero-order chi connectivity index (χ0) is 10.9. The molecular weight excluding hydrogens is 210 g/mol. The van der Waals surface area contributed by atoms with Crippen molar-refractivity contribution in [1.29, 1.82) is 0 Å². The topological polar surface area (TPSA) is 61.9 Å². The molecule has 6 heteroatoms.